The number of allylic oxidation sites excluding steroid dienone is 4. The number of carbonyl (C=O) groups excluding carboxylic acids is 1. The maximum Gasteiger partial charge on any atom is 0.251 e. The molecule has 5 atom stereocenters. The third-order valence-electron chi connectivity index (χ3n) is 9.15. The summed E-state index contributed by atoms with van der Waals surface area (Å²) in [6.45, 7) is 10.7. The fourth-order valence-electron chi connectivity index (χ4n) is 6.11. The highest BCUT2D eigenvalue weighted by Gasteiger charge is 2.36. The molecule has 0 spiro atoms. The van der Waals surface area contributed by atoms with E-state index in [2.05, 4.69) is 67.4 Å². The third kappa shape index (κ3) is 8.98. The van der Waals surface area contributed by atoms with Crippen molar-refractivity contribution in [2.45, 2.75) is 58.1 Å². The van der Waals surface area contributed by atoms with Crippen LogP contribution in [0.15, 0.2) is 76.7 Å². The van der Waals surface area contributed by atoms with Gasteiger partial charge in [0.05, 0.1) is 5.75 Å². The van der Waals surface area contributed by atoms with Crippen molar-refractivity contribution in [1.29, 1.82) is 0 Å². The summed E-state index contributed by atoms with van der Waals surface area (Å²) in [5.74, 6) is -2.90. The van der Waals surface area contributed by atoms with E-state index in [-0.39, 0.29) is 58.2 Å². The number of amides is 1. The predicted molar refractivity (Wildman–Crippen MR) is 192 cm³/mol. The molecule has 1 amide bonds. The molecule has 4 rings (SSSR count). The van der Waals surface area contributed by atoms with Gasteiger partial charge in [-0.3, -0.25) is 4.79 Å². The molecule has 0 fully saturated rings. The number of rotatable bonds is 10. The normalized spacial score (nSPS) is 19.6. The van der Waals surface area contributed by atoms with E-state index in [1.165, 1.54) is 29.5 Å². The number of carbonyl (C=O) groups is 1. The van der Waals surface area contributed by atoms with E-state index in [0.717, 1.165) is 39.0 Å². The van der Waals surface area contributed by atoms with Crippen molar-refractivity contribution in [1.82, 2.24) is 5.32 Å². The van der Waals surface area contributed by atoms with Crippen LogP contribution in [0, 0.1) is 29.3 Å². The number of hydrogen-bond donors (Lipinski definition) is 2. The van der Waals surface area contributed by atoms with Gasteiger partial charge in [-0.15, -0.1) is 21.0 Å². The molecule has 3 aromatic carbocycles. The first-order valence-corrected chi connectivity index (χ1v) is 18.5. The van der Waals surface area contributed by atoms with Crippen LogP contribution < -0.4 is 10.6 Å². The highest BCUT2D eigenvalue weighted by atomic mass is 35.5. The van der Waals surface area contributed by atoms with Crippen molar-refractivity contribution in [2.24, 2.45) is 11.8 Å². The topological polar surface area (TPSA) is 66.4 Å². The molecule has 11 heteroatoms. The Labute approximate surface area is 289 Å². The first-order valence-electron chi connectivity index (χ1n) is 15.3. The molecule has 5 unspecified atom stereocenters. The number of hydrogen-bond acceptors (Lipinski definition) is 3. The lowest BCUT2D eigenvalue weighted by molar-refractivity contribution is 0.0955. The van der Waals surface area contributed by atoms with E-state index in [4.69, 9.17) is 16.2 Å². The molecule has 47 heavy (non-hydrogen) atoms. The Balaban J connectivity index is 1.70. The van der Waals surface area contributed by atoms with E-state index < -0.39 is 28.6 Å². The lowest BCUT2D eigenvalue weighted by atomic mass is 9.66. The molecule has 0 aromatic heterocycles. The van der Waals surface area contributed by atoms with Crippen LogP contribution in [0.25, 0.3) is 0 Å². The average molecular weight is 722 g/mol. The Morgan fingerprint density at radius 2 is 1.72 bits per heavy atom. The fraction of sp³-hybridized carbons (Fsp3) is 0.361. The molecule has 0 bridgehead atoms. The van der Waals surface area contributed by atoms with Gasteiger partial charge in [-0.2, -0.15) is 0 Å². The van der Waals surface area contributed by atoms with Crippen LogP contribution >= 0.6 is 32.6 Å². The lowest BCUT2D eigenvalue weighted by Gasteiger charge is -2.40. The van der Waals surface area contributed by atoms with Gasteiger partial charge >= 0.3 is 0 Å². The van der Waals surface area contributed by atoms with Crippen LogP contribution in [0.1, 0.15) is 74.0 Å². The first kappa shape index (κ1) is 37.4. The molecule has 4 nitrogen and oxygen atoms in total. The zero-order valence-corrected chi connectivity index (χ0v) is 30.5. The smallest absolute Gasteiger partial charge is 0.251 e. The van der Waals surface area contributed by atoms with Crippen LogP contribution in [-0.2, 0) is 22.2 Å². The van der Waals surface area contributed by atoms with Gasteiger partial charge < -0.3 is 9.87 Å². The lowest BCUT2D eigenvalue weighted by Crippen LogP contribution is -2.30. The molecule has 0 radical (unpaired) electrons. The summed E-state index contributed by atoms with van der Waals surface area (Å²) in [7, 11) is 2.70. The van der Waals surface area contributed by atoms with Gasteiger partial charge in [0.2, 0.25) is 0 Å². The van der Waals surface area contributed by atoms with Crippen molar-refractivity contribution in [3.05, 3.63) is 121 Å². The van der Waals surface area contributed by atoms with E-state index in [1.54, 1.807) is 0 Å². The van der Waals surface area contributed by atoms with Gasteiger partial charge in [0.1, 0.15) is 17.5 Å². The van der Waals surface area contributed by atoms with Crippen LogP contribution in [0.3, 0.4) is 0 Å². The van der Waals surface area contributed by atoms with E-state index in [0.29, 0.717) is 11.4 Å². The van der Waals surface area contributed by atoms with Gasteiger partial charge in [-0.1, -0.05) is 74.7 Å². The molecular weight excluding hydrogens is 682 g/mol. The van der Waals surface area contributed by atoms with Gasteiger partial charge in [-0.05, 0) is 88.8 Å². The molecule has 1 aliphatic carbocycles. The second kappa shape index (κ2) is 15.9. The van der Waals surface area contributed by atoms with Crippen LogP contribution in [0.5, 0.6) is 0 Å². The van der Waals surface area contributed by atoms with Crippen molar-refractivity contribution >= 4 is 54.9 Å². The number of thioether (sulfide) groups is 1. The Morgan fingerprint density at radius 3 is 2.32 bits per heavy atom. The van der Waals surface area contributed by atoms with E-state index in [9.17, 15) is 13.4 Å². The molecule has 0 saturated heterocycles. The second-order valence-corrected chi connectivity index (χ2v) is 15.7. The van der Waals surface area contributed by atoms with Crippen LogP contribution in [-0.4, -0.2) is 27.0 Å². The molecule has 2 N–H and O–H groups in total. The van der Waals surface area contributed by atoms with Crippen molar-refractivity contribution in [2.75, 3.05) is 12.3 Å². The Hall–Kier alpha value is -2.42. The summed E-state index contributed by atoms with van der Waals surface area (Å²) in [5.41, 5.74) is 3.72. The molecule has 3 aromatic rings. The maximum absolute atomic E-state index is 15.2. The second-order valence-electron chi connectivity index (χ2n) is 12.5. The minimum atomic E-state index is -2.10. The largest absolute Gasteiger partial charge is 0.351 e. The molecule has 252 valence electrons. The zero-order valence-electron chi connectivity index (χ0n) is 27.0. The standard InChI is InChI=1S/C36H40ClF3NO3PS2/c1-20-14-29(36(4,5)25-8-11-30(37)33(45)17-25)22(3)27(23-6-9-26(38)10-7-23)18-34(21(20)2)46-19-28-31(39)15-24(16-32(28)40)35(42)41-12-13-47(43)44/h6-11,14-17,20,22,27H,12-13,18-19,45H2,1-5H3,(H,41,42)(H,43,44). The summed E-state index contributed by atoms with van der Waals surface area (Å²) in [6, 6.07) is 14.6. The highest BCUT2D eigenvalue weighted by Crippen LogP contribution is 2.49. The molecule has 0 saturated carbocycles. The SMILES string of the molecule is CC1=C(SCc2c(F)cc(C(=O)NCCS(=O)O)cc2F)CC(c2ccc(F)cc2)C(C)C(C(C)(C)c2ccc(Cl)c(P)c2)=CC1C. The van der Waals surface area contributed by atoms with Crippen molar-refractivity contribution in [3.63, 3.8) is 0 Å². The Bertz CT molecular complexity index is 1710. The van der Waals surface area contributed by atoms with Crippen molar-refractivity contribution < 1.29 is 26.7 Å². The van der Waals surface area contributed by atoms with Crippen LogP contribution in [0.2, 0.25) is 5.02 Å². The first-order chi connectivity index (χ1) is 22.1. The predicted octanol–water partition coefficient (Wildman–Crippen LogP) is 9.08. The van der Waals surface area contributed by atoms with Gasteiger partial charge in [-0.25, -0.2) is 17.4 Å². The molecular formula is C36H40ClF3NO3PS2. The summed E-state index contributed by atoms with van der Waals surface area (Å²) in [5, 5.41) is 3.99. The molecule has 0 heterocycles. The van der Waals surface area contributed by atoms with Crippen molar-refractivity contribution in [3.8, 4) is 0 Å². The maximum atomic E-state index is 15.2. The third-order valence-corrected chi connectivity index (χ3v) is 12.0. The van der Waals surface area contributed by atoms with Crippen LogP contribution in [0.4, 0.5) is 13.2 Å². The molecule has 1 aliphatic rings. The van der Waals surface area contributed by atoms with Gasteiger partial charge in [0.25, 0.3) is 5.91 Å². The average Bonchev–Trinajstić information content (AvgIpc) is 3.01. The summed E-state index contributed by atoms with van der Waals surface area (Å²) >= 11 is 5.63. The Morgan fingerprint density at radius 1 is 1.09 bits per heavy atom. The summed E-state index contributed by atoms with van der Waals surface area (Å²) < 4.78 is 64.3. The van der Waals surface area contributed by atoms with E-state index in [1.807, 2.05) is 18.2 Å². The number of halogens is 4. The van der Waals surface area contributed by atoms with E-state index >= 15 is 8.78 Å². The number of benzene rings is 3. The molecule has 0 aliphatic heterocycles. The fourth-order valence-corrected chi connectivity index (χ4v) is 8.08. The zero-order chi connectivity index (χ0) is 34.6. The summed E-state index contributed by atoms with van der Waals surface area (Å²) in [6.07, 6.45) is 2.89. The minimum absolute atomic E-state index is 0.0107. The van der Waals surface area contributed by atoms with Gasteiger partial charge in [0, 0.05) is 33.9 Å². The number of nitrogens with one attached hydrogen (secondary N) is 1. The minimum Gasteiger partial charge on any atom is -0.351 e. The Kier molecular flexibility index (Phi) is 12.6. The highest BCUT2D eigenvalue weighted by molar-refractivity contribution is 8.02. The summed E-state index contributed by atoms with van der Waals surface area (Å²) in [4.78, 5) is 13.4. The van der Waals surface area contributed by atoms with Gasteiger partial charge in [0.15, 0.2) is 11.1 Å². The monoisotopic (exact) mass is 721 g/mol. The quantitative estimate of drug-likeness (QED) is 0.125.